The van der Waals surface area contributed by atoms with Gasteiger partial charge in [-0.05, 0) is 24.9 Å². The smallest absolute Gasteiger partial charge is 0.231 e. The Bertz CT molecular complexity index is 710. The molecular weight excluding hydrogens is 310 g/mol. The maximum absolute atomic E-state index is 12.0. The second kappa shape index (κ2) is 5.76. The average molecular weight is 324 g/mol. The Labute approximate surface area is 131 Å². The van der Waals surface area contributed by atoms with Gasteiger partial charge in [-0.1, -0.05) is 5.16 Å². The fraction of sp³-hybridized carbons (Fsp3) is 0.286. The highest BCUT2D eigenvalue weighted by molar-refractivity contribution is 6.29. The Balaban J connectivity index is 1.65. The standard InChI is InChI=1S/C14H14ClN3O4/c1-7-8(14(15)22-18-7)2-3-13(19)17-10-5-12-11(4-9(10)16)20-6-21-12/h4-5H,2-3,6,16H2,1H3,(H,17,19). The lowest BCUT2D eigenvalue weighted by Gasteiger charge is -2.09. The highest BCUT2D eigenvalue weighted by atomic mass is 35.5. The van der Waals surface area contributed by atoms with Gasteiger partial charge in [0.25, 0.3) is 0 Å². The number of nitrogens with one attached hydrogen (secondary N) is 1. The summed E-state index contributed by atoms with van der Waals surface area (Å²) in [5.41, 5.74) is 8.20. The van der Waals surface area contributed by atoms with E-state index in [1.165, 1.54) is 0 Å². The number of fused-ring (bicyclic) bond motifs is 1. The van der Waals surface area contributed by atoms with E-state index in [2.05, 4.69) is 10.5 Å². The monoisotopic (exact) mass is 323 g/mol. The molecule has 0 spiro atoms. The number of aryl methyl sites for hydroxylation is 1. The molecule has 0 radical (unpaired) electrons. The fourth-order valence-corrected chi connectivity index (χ4v) is 2.42. The zero-order chi connectivity index (χ0) is 15.7. The van der Waals surface area contributed by atoms with Gasteiger partial charge in [-0.3, -0.25) is 4.79 Å². The first-order chi connectivity index (χ1) is 10.5. The lowest BCUT2D eigenvalue weighted by Crippen LogP contribution is -2.13. The van der Waals surface area contributed by atoms with Crippen molar-refractivity contribution in [2.24, 2.45) is 0 Å². The summed E-state index contributed by atoms with van der Waals surface area (Å²) in [7, 11) is 0. The van der Waals surface area contributed by atoms with Crippen molar-refractivity contribution in [2.45, 2.75) is 19.8 Å². The number of nitrogens with zero attached hydrogens (tertiary/aromatic N) is 1. The number of amides is 1. The summed E-state index contributed by atoms with van der Waals surface area (Å²) in [6.45, 7) is 1.93. The summed E-state index contributed by atoms with van der Waals surface area (Å²) in [5, 5.41) is 6.71. The Kier molecular flexibility index (Phi) is 3.81. The molecule has 0 unspecified atom stereocenters. The van der Waals surface area contributed by atoms with E-state index in [1.807, 2.05) is 0 Å². The molecule has 7 nitrogen and oxygen atoms in total. The van der Waals surface area contributed by atoms with Crippen LogP contribution in [0.3, 0.4) is 0 Å². The molecule has 0 saturated heterocycles. The number of rotatable bonds is 4. The molecule has 22 heavy (non-hydrogen) atoms. The summed E-state index contributed by atoms with van der Waals surface area (Å²) in [6.07, 6.45) is 0.667. The molecule has 1 aliphatic heterocycles. The van der Waals surface area contributed by atoms with E-state index in [0.29, 0.717) is 35.0 Å². The molecule has 1 aromatic heterocycles. The van der Waals surface area contributed by atoms with Crippen molar-refractivity contribution in [3.05, 3.63) is 28.6 Å². The number of hydrogen-bond acceptors (Lipinski definition) is 6. The van der Waals surface area contributed by atoms with E-state index in [9.17, 15) is 4.79 Å². The number of halogens is 1. The number of carbonyl (C=O) groups excluding carboxylic acids is 1. The van der Waals surface area contributed by atoms with Crippen molar-refractivity contribution < 1.29 is 18.8 Å². The molecule has 0 aliphatic carbocycles. The van der Waals surface area contributed by atoms with Crippen LogP contribution in [0.4, 0.5) is 11.4 Å². The Hall–Kier alpha value is -2.41. The molecular formula is C14H14ClN3O4. The summed E-state index contributed by atoms with van der Waals surface area (Å²) >= 11 is 5.87. The predicted octanol–water partition coefficient (Wildman–Crippen LogP) is 2.52. The van der Waals surface area contributed by atoms with Gasteiger partial charge in [0.15, 0.2) is 11.5 Å². The van der Waals surface area contributed by atoms with Crippen molar-refractivity contribution in [3.8, 4) is 11.5 Å². The molecule has 1 aliphatic rings. The van der Waals surface area contributed by atoms with Crippen LogP contribution in [-0.2, 0) is 11.2 Å². The summed E-state index contributed by atoms with van der Waals surface area (Å²) < 4.78 is 15.3. The molecule has 116 valence electrons. The van der Waals surface area contributed by atoms with Crippen LogP contribution < -0.4 is 20.5 Å². The molecule has 1 amide bonds. The SMILES string of the molecule is Cc1noc(Cl)c1CCC(=O)Nc1cc2c(cc1N)OCO2. The molecule has 3 N–H and O–H groups in total. The molecule has 2 aromatic rings. The number of ether oxygens (including phenoxy) is 2. The van der Waals surface area contributed by atoms with Gasteiger partial charge in [0, 0.05) is 24.1 Å². The van der Waals surface area contributed by atoms with Gasteiger partial charge in [-0.15, -0.1) is 0 Å². The normalized spacial score (nSPS) is 12.5. The number of benzene rings is 1. The number of nitrogen functional groups attached to an aromatic ring is 1. The fourth-order valence-electron chi connectivity index (χ4n) is 2.16. The molecule has 8 heteroatoms. The van der Waals surface area contributed by atoms with Crippen molar-refractivity contribution in [3.63, 3.8) is 0 Å². The molecule has 3 rings (SSSR count). The topological polar surface area (TPSA) is 99.6 Å². The minimum atomic E-state index is -0.192. The first-order valence-corrected chi connectivity index (χ1v) is 7.02. The van der Waals surface area contributed by atoms with Crippen LogP contribution in [-0.4, -0.2) is 17.9 Å². The minimum Gasteiger partial charge on any atom is -0.454 e. The lowest BCUT2D eigenvalue weighted by molar-refractivity contribution is -0.116. The van der Waals surface area contributed by atoms with E-state index in [-0.39, 0.29) is 24.3 Å². The van der Waals surface area contributed by atoms with E-state index < -0.39 is 0 Å². The zero-order valence-corrected chi connectivity index (χ0v) is 12.6. The molecule has 0 atom stereocenters. The minimum absolute atomic E-state index is 0.150. The largest absolute Gasteiger partial charge is 0.454 e. The van der Waals surface area contributed by atoms with Gasteiger partial charge >= 0.3 is 0 Å². The van der Waals surface area contributed by atoms with Crippen LogP contribution in [0, 0.1) is 6.92 Å². The molecule has 0 saturated carbocycles. The van der Waals surface area contributed by atoms with Gasteiger partial charge in [-0.25, -0.2) is 0 Å². The van der Waals surface area contributed by atoms with Gasteiger partial charge in [0.1, 0.15) is 0 Å². The third-order valence-electron chi connectivity index (χ3n) is 3.36. The molecule has 0 fully saturated rings. The molecule has 1 aromatic carbocycles. The van der Waals surface area contributed by atoms with Crippen LogP contribution >= 0.6 is 11.6 Å². The Morgan fingerprint density at radius 3 is 2.82 bits per heavy atom. The number of nitrogens with two attached hydrogens (primary N) is 1. The van der Waals surface area contributed by atoms with Crippen LogP contribution in [0.1, 0.15) is 17.7 Å². The van der Waals surface area contributed by atoms with Crippen LogP contribution in [0.2, 0.25) is 5.22 Å². The highest BCUT2D eigenvalue weighted by Crippen LogP contribution is 2.38. The third-order valence-corrected chi connectivity index (χ3v) is 3.65. The average Bonchev–Trinajstić information content (AvgIpc) is 3.04. The number of hydrogen-bond donors (Lipinski definition) is 2. The summed E-state index contributed by atoms with van der Waals surface area (Å²) in [5.74, 6) is 0.937. The first kappa shape index (κ1) is 14.5. The van der Waals surface area contributed by atoms with Crippen molar-refractivity contribution in [1.82, 2.24) is 5.16 Å². The van der Waals surface area contributed by atoms with Gasteiger partial charge in [0.2, 0.25) is 17.9 Å². The van der Waals surface area contributed by atoms with E-state index in [1.54, 1.807) is 19.1 Å². The first-order valence-electron chi connectivity index (χ1n) is 6.64. The predicted molar refractivity (Wildman–Crippen MR) is 80.2 cm³/mol. The third kappa shape index (κ3) is 2.80. The molecule has 0 bridgehead atoms. The Morgan fingerprint density at radius 1 is 1.41 bits per heavy atom. The maximum Gasteiger partial charge on any atom is 0.231 e. The number of aromatic nitrogens is 1. The summed E-state index contributed by atoms with van der Waals surface area (Å²) in [6, 6.07) is 3.27. The highest BCUT2D eigenvalue weighted by Gasteiger charge is 2.18. The van der Waals surface area contributed by atoms with Crippen molar-refractivity contribution in [1.29, 1.82) is 0 Å². The van der Waals surface area contributed by atoms with Crippen LogP contribution in [0.5, 0.6) is 11.5 Å². The summed E-state index contributed by atoms with van der Waals surface area (Å²) in [4.78, 5) is 12.0. The Morgan fingerprint density at radius 2 is 2.14 bits per heavy atom. The van der Waals surface area contributed by atoms with Crippen LogP contribution in [0.25, 0.3) is 0 Å². The maximum atomic E-state index is 12.0. The van der Waals surface area contributed by atoms with Crippen LogP contribution in [0.15, 0.2) is 16.7 Å². The number of carbonyl (C=O) groups is 1. The van der Waals surface area contributed by atoms with Crippen molar-refractivity contribution in [2.75, 3.05) is 17.8 Å². The lowest BCUT2D eigenvalue weighted by atomic mass is 10.1. The van der Waals surface area contributed by atoms with Gasteiger partial charge < -0.3 is 25.0 Å². The van der Waals surface area contributed by atoms with E-state index in [4.69, 9.17) is 31.3 Å². The van der Waals surface area contributed by atoms with Gasteiger partial charge in [0.05, 0.1) is 17.1 Å². The van der Waals surface area contributed by atoms with E-state index >= 15 is 0 Å². The zero-order valence-electron chi connectivity index (χ0n) is 11.8. The quantitative estimate of drug-likeness (QED) is 0.839. The second-order valence-electron chi connectivity index (χ2n) is 4.86. The molecule has 2 heterocycles. The van der Waals surface area contributed by atoms with Gasteiger partial charge in [-0.2, -0.15) is 0 Å². The van der Waals surface area contributed by atoms with Crippen molar-refractivity contribution >= 4 is 28.9 Å². The van der Waals surface area contributed by atoms with E-state index in [0.717, 1.165) is 5.56 Å². The second-order valence-corrected chi connectivity index (χ2v) is 5.20. The number of anilines is 2.